The molecule has 0 atom stereocenters. The minimum Gasteiger partial charge on any atom is -0.465 e. The molecule has 0 bridgehead atoms. The number of aromatic nitrogens is 3. The van der Waals surface area contributed by atoms with Gasteiger partial charge >= 0.3 is 11.7 Å². The van der Waals surface area contributed by atoms with Crippen molar-refractivity contribution in [2.45, 2.75) is 20.0 Å². The first-order valence-electron chi connectivity index (χ1n) is 7.49. The van der Waals surface area contributed by atoms with E-state index in [1.54, 1.807) is 13.0 Å². The van der Waals surface area contributed by atoms with Crippen LogP contribution in [0.5, 0.6) is 0 Å². The minimum absolute atomic E-state index is 0.0109. The number of halogens is 1. The zero-order chi connectivity index (χ0) is 18.0. The summed E-state index contributed by atoms with van der Waals surface area (Å²) in [6, 6.07) is 6.65. The second kappa shape index (κ2) is 7.20. The van der Waals surface area contributed by atoms with Crippen molar-refractivity contribution >= 4 is 39.1 Å². The largest absolute Gasteiger partial charge is 0.465 e. The fourth-order valence-electron chi connectivity index (χ4n) is 2.33. The monoisotopic (exact) mass is 379 g/mol. The highest BCUT2D eigenvalue weighted by molar-refractivity contribution is 7.18. The highest BCUT2D eigenvalue weighted by Crippen LogP contribution is 2.27. The number of nitrogens with zero attached hydrogens (tertiary/aromatic N) is 3. The molecule has 0 aliphatic carbocycles. The van der Waals surface area contributed by atoms with E-state index < -0.39 is 17.2 Å². The second-order valence-electron chi connectivity index (χ2n) is 5.15. The summed E-state index contributed by atoms with van der Waals surface area (Å²) in [5.41, 5.74) is -0.415. The number of carbonyl (C=O) groups is 1. The summed E-state index contributed by atoms with van der Waals surface area (Å²) in [6.07, 6.45) is 1.29. The molecule has 130 valence electrons. The molecule has 2 aromatic heterocycles. The van der Waals surface area contributed by atoms with Gasteiger partial charge in [-0.15, -0.1) is 11.3 Å². The average molecular weight is 380 g/mol. The highest BCUT2D eigenvalue weighted by Gasteiger charge is 2.13. The van der Waals surface area contributed by atoms with Crippen LogP contribution in [0.15, 0.2) is 40.1 Å². The van der Waals surface area contributed by atoms with Crippen molar-refractivity contribution in [2.24, 2.45) is 0 Å². The molecular formula is C16H14ClN3O4S. The van der Waals surface area contributed by atoms with Gasteiger partial charge in [0.25, 0.3) is 5.56 Å². The molecule has 0 aliphatic rings. The van der Waals surface area contributed by atoms with Gasteiger partial charge in [-0.25, -0.2) is 9.78 Å². The van der Waals surface area contributed by atoms with Gasteiger partial charge in [0.1, 0.15) is 17.1 Å². The van der Waals surface area contributed by atoms with Gasteiger partial charge < -0.3 is 4.74 Å². The average Bonchev–Trinajstić information content (AvgIpc) is 2.99. The van der Waals surface area contributed by atoms with Crippen LogP contribution in [0, 0.1) is 0 Å². The maximum Gasteiger partial charge on any atom is 0.331 e. The van der Waals surface area contributed by atoms with E-state index in [0.717, 1.165) is 13.8 Å². The second-order valence-corrected chi connectivity index (χ2v) is 6.67. The molecule has 0 amide bonds. The predicted octanol–water partition coefficient (Wildman–Crippen LogP) is 1.88. The van der Waals surface area contributed by atoms with Gasteiger partial charge in [-0.2, -0.15) is 0 Å². The third kappa shape index (κ3) is 3.64. The standard InChI is InChI=1S/C16H14ClN3O4S/c1-2-24-14(22)9-19-7-6-13(21)20(16(19)23)8-12-18-15-10(17)4-3-5-11(15)25-12/h3-7H,2,8-9H2,1H3. The Morgan fingerprint density at radius 2 is 2.12 bits per heavy atom. The zero-order valence-electron chi connectivity index (χ0n) is 13.3. The van der Waals surface area contributed by atoms with Gasteiger partial charge in [-0.3, -0.25) is 18.7 Å². The van der Waals surface area contributed by atoms with Crippen molar-refractivity contribution < 1.29 is 9.53 Å². The quantitative estimate of drug-likeness (QED) is 0.632. The smallest absolute Gasteiger partial charge is 0.331 e. The van der Waals surface area contributed by atoms with Crippen molar-refractivity contribution in [1.82, 2.24) is 14.1 Å². The number of para-hydroxylation sites is 1. The molecule has 7 nitrogen and oxygen atoms in total. The molecule has 1 aromatic carbocycles. The van der Waals surface area contributed by atoms with E-state index >= 15 is 0 Å². The lowest BCUT2D eigenvalue weighted by Crippen LogP contribution is -2.40. The summed E-state index contributed by atoms with van der Waals surface area (Å²) < 4.78 is 7.88. The number of thiazole rings is 1. The lowest BCUT2D eigenvalue weighted by atomic mass is 10.3. The zero-order valence-corrected chi connectivity index (χ0v) is 14.8. The molecular weight excluding hydrogens is 366 g/mol. The molecule has 0 saturated heterocycles. The van der Waals surface area contributed by atoms with Gasteiger partial charge in [-0.1, -0.05) is 17.7 Å². The molecule has 0 saturated carbocycles. The van der Waals surface area contributed by atoms with Crippen LogP contribution in [0.2, 0.25) is 5.02 Å². The molecule has 2 heterocycles. The van der Waals surface area contributed by atoms with Crippen molar-refractivity contribution in [3.05, 3.63) is 61.3 Å². The van der Waals surface area contributed by atoms with Crippen LogP contribution in [0.4, 0.5) is 0 Å². The normalized spacial score (nSPS) is 11.0. The van der Waals surface area contributed by atoms with E-state index in [2.05, 4.69) is 4.98 Å². The van der Waals surface area contributed by atoms with E-state index in [1.165, 1.54) is 23.6 Å². The van der Waals surface area contributed by atoms with Crippen molar-refractivity contribution in [1.29, 1.82) is 0 Å². The van der Waals surface area contributed by atoms with Crippen LogP contribution in [0.3, 0.4) is 0 Å². The Labute approximate surface area is 151 Å². The van der Waals surface area contributed by atoms with Crippen LogP contribution in [0.1, 0.15) is 11.9 Å². The number of ether oxygens (including phenoxy) is 1. The molecule has 3 rings (SSSR count). The molecule has 9 heteroatoms. The van der Waals surface area contributed by atoms with E-state index in [9.17, 15) is 14.4 Å². The number of hydrogen-bond acceptors (Lipinski definition) is 6. The molecule has 0 radical (unpaired) electrons. The number of benzene rings is 1. The maximum atomic E-state index is 12.5. The maximum absolute atomic E-state index is 12.5. The summed E-state index contributed by atoms with van der Waals surface area (Å²) >= 11 is 7.46. The number of esters is 1. The van der Waals surface area contributed by atoms with E-state index in [-0.39, 0.29) is 19.7 Å². The number of fused-ring (bicyclic) bond motifs is 1. The fraction of sp³-hybridized carbons (Fsp3) is 0.250. The Kier molecular flexibility index (Phi) is 5.00. The molecule has 0 spiro atoms. The fourth-order valence-corrected chi connectivity index (χ4v) is 3.59. The topological polar surface area (TPSA) is 83.2 Å². The molecule has 25 heavy (non-hydrogen) atoms. The summed E-state index contributed by atoms with van der Waals surface area (Å²) in [4.78, 5) is 40.5. The summed E-state index contributed by atoms with van der Waals surface area (Å²) in [7, 11) is 0. The van der Waals surface area contributed by atoms with Crippen LogP contribution in [-0.4, -0.2) is 26.7 Å². The SMILES string of the molecule is CCOC(=O)Cn1ccc(=O)n(Cc2nc3c(Cl)cccc3s2)c1=O. The lowest BCUT2D eigenvalue weighted by Gasteiger charge is -2.08. The molecule has 0 N–H and O–H groups in total. The van der Waals surface area contributed by atoms with Crippen LogP contribution >= 0.6 is 22.9 Å². The third-order valence-electron chi connectivity index (χ3n) is 3.45. The predicted molar refractivity (Wildman–Crippen MR) is 95.3 cm³/mol. The van der Waals surface area contributed by atoms with E-state index in [4.69, 9.17) is 16.3 Å². The first kappa shape index (κ1) is 17.4. The van der Waals surface area contributed by atoms with Gasteiger partial charge in [0.15, 0.2) is 0 Å². The molecule has 0 aliphatic heterocycles. The Morgan fingerprint density at radius 1 is 1.32 bits per heavy atom. The number of hydrogen-bond donors (Lipinski definition) is 0. The summed E-state index contributed by atoms with van der Waals surface area (Å²) in [5, 5.41) is 1.09. The van der Waals surface area contributed by atoms with Crippen molar-refractivity contribution in [3.63, 3.8) is 0 Å². The molecule has 0 fully saturated rings. The highest BCUT2D eigenvalue weighted by atomic mass is 35.5. The van der Waals surface area contributed by atoms with Crippen molar-refractivity contribution in [3.8, 4) is 0 Å². The van der Waals surface area contributed by atoms with Crippen LogP contribution in [0.25, 0.3) is 10.2 Å². The summed E-state index contributed by atoms with van der Waals surface area (Å²) in [5.74, 6) is -0.540. The Hall–Kier alpha value is -2.45. The van der Waals surface area contributed by atoms with Gasteiger partial charge in [-0.05, 0) is 19.1 Å². The van der Waals surface area contributed by atoms with Crippen molar-refractivity contribution in [2.75, 3.05) is 6.61 Å². The number of carbonyl (C=O) groups excluding carboxylic acids is 1. The lowest BCUT2D eigenvalue weighted by molar-refractivity contribution is -0.143. The Morgan fingerprint density at radius 3 is 2.84 bits per heavy atom. The molecule has 0 unspecified atom stereocenters. The minimum atomic E-state index is -0.592. The van der Waals surface area contributed by atoms with E-state index in [0.29, 0.717) is 15.5 Å². The third-order valence-corrected chi connectivity index (χ3v) is 4.76. The number of rotatable bonds is 5. The first-order chi connectivity index (χ1) is 12.0. The van der Waals surface area contributed by atoms with Crippen LogP contribution in [-0.2, 0) is 22.6 Å². The first-order valence-corrected chi connectivity index (χ1v) is 8.69. The summed E-state index contributed by atoms with van der Waals surface area (Å²) in [6.45, 7) is 1.66. The van der Waals surface area contributed by atoms with Gasteiger partial charge in [0, 0.05) is 12.3 Å². The Balaban J connectivity index is 1.96. The molecule has 3 aromatic rings. The van der Waals surface area contributed by atoms with Gasteiger partial charge in [0.05, 0.1) is 22.9 Å². The van der Waals surface area contributed by atoms with E-state index in [1.807, 2.05) is 12.1 Å². The Bertz CT molecular complexity index is 1050. The van der Waals surface area contributed by atoms with Crippen LogP contribution < -0.4 is 11.2 Å². The van der Waals surface area contributed by atoms with Gasteiger partial charge in [0.2, 0.25) is 0 Å².